The Kier molecular flexibility index (Phi) is 5.00. The van der Waals surface area contributed by atoms with Crippen LogP contribution in [0.2, 0.25) is 0 Å². The van der Waals surface area contributed by atoms with Gasteiger partial charge in [0.05, 0.1) is 18.2 Å². The van der Waals surface area contributed by atoms with Crippen LogP contribution in [0.15, 0.2) is 12.3 Å². The van der Waals surface area contributed by atoms with Crippen molar-refractivity contribution in [3.63, 3.8) is 0 Å². The van der Waals surface area contributed by atoms with Gasteiger partial charge >= 0.3 is 0 Å². The Balaban J connectivity index is 3.15. The van der Waals surface area contributed by atoms with Crippen molar-refractivity contribution in [1.82, 2.24) is 4.98 Å². The van der Waals surface area contributed by atoms with Gasteiger partial charge < -0.3 is 15.0 Å². The smallest absolute Gasteiger partial charge is 0.239 e. The summed E-state index contributed by atoms with van der Waals surface area (Å²) in [6.07, 6.45) is 1.64. The minimum absolute atomic E-state index is 0.170. The fourth-order valence-electron chi connectivity index (χ4n) is 1.42. The number of carbonyl (C=O) groups is 1. The molecule has 1 rings (SSSR count). The van der Waals surface area contributed by atoms with E-state index in [-0.39, 0.29) is 11.8 Å². The van der Waals surface area contributed by atoms with Crippen LogP contribution in [0.4, 0.5) is 11.4 Å². The third-order valence-electron chi connectivity index (χ3n) is 2.76. The first-order chi connectivity index (χ1) is 8.83. The molecular weight excluding hydrogens is 266 g/mol. The van der Waals surface area contributed by atoms with Gasteiger partial charge in [0.25, 0.3) is 0 Å². The Hall–Kier alpha value is -1.49. The zero-order valence-corrected chi connectivity index (χ0v) is 12.7. The Morgan fingerprint density at radius 1 is 1.53 bits per heavy atom. The third kappa shape index (κ3) is 3.50. The molecule has 1 N–H and O–H groups in total. The molecule has 0 unspecified atom stereocenters. The minimum atomic E-state index is -0.661. The predicted octanol–water partition coefficient (Wildman–Crippen LogP) is 2.36. The molecule has 6 heteroatoms. The van der Waals surface area contributed by atoms with Crippen LogP contribution in [-0.2, 0) is 4.79 Å². The van der Waals surface area contributed by atoms with Crippen molar-refractivity contribution in [2.75, 3.05) is 37.3 Å². The second-order valence-electron chi connectivity index (χ2n) is 5.08. The van der Waals surface area contributed by atoms with E-state index in [0.717, 1.165) is 5.69 Å². The highest BCUT2D eigenvalue weighted by Crippen LogP contribution is 2.33. The molecule has 0 atom stereocenters. The number of ether oxygens (including phenoxy) is 1. The quantitative estimate of drug-likeness (QED) is 0.844. The number of pyridine rings is 1. The predicted molar refractivity (Wildman–Crippen MR) is 78.2 cm³/mol. The van der Waals surface area contributed by atoms with Gasteiger partial charge in [-0.1, -0.05) is 0 Å². The summed E-state index contributed by atoms with van der Waals surface area (Å²) in [6.45, 7) is 3.57. The van der Waals surface area contributed by atoms with Crippen molar-refractivity contribution in [3.05, 3.63) is 12.3 Å². The van der Waals surface area contributed by atoms with E-state index in [9.17, 15) is 4.79 Å². The molecule has 1 aromatic rings. The lowest BCUT2D eigenvalue weighted by atomic mass is 9.95. The summed E-state index contributed by atoms with van der Waals surface area (Å²) in [4.78, 5) is 18.2. The highest BCUT2D eigenvalue weighted by atomic mass is 35.5. The van der Waals surface area contributed by atoms with Gasteiger partial charge in [-0.15, -0.1) is 11.6 Å². The van der Waals surface area contributed by atoms with Gasteiger partial charge in [-0.3, -0.25) is 4.79 Å². The second-order valence-corrected chi connectivity index (χ2v) is 5.35. The highest BCUT2D eigenvalue weighted by Gasteiger charge is 2.28. The summed E-state index contributed by atoms with van der Waals surface area (Å²) in [5.41, 5.74) is 0.718. The maximum absolute atomic E-state index is 12.2. The Morgan fingerprint density at radius 3 is 2.63 bits per heavy atom. The Labute approximate surface area is 118 Å². The fourth-order valence-corrected chi connectivity index (χ4v) is 1.54. The van der Waals surface area contributed by atoms with Crippen LogP contribution >= 0.6 is 11.6 Å². The number of aromatic nitrogens is 1. The van der Waals surface area contributed by atoms with Crippen LogP contribution in [-0.4, -0.2) is 38.0 Å². The molecule has 0 saturated carbocycles. The normalized spacial score (nSPS) is 11.1. The minimum Gasteiger partial charge on any atom is -0.479 e. The molecule has 1 heterocycles. The summed E-state index contributed by atoms with van der Waals surface area (Å²) < 4.78 is 5.20. The van der Waals surface area contributed by atoms with Crippen LogP contribution in [0.25, 0.3) is 0 Å². The number of halogens is 1. The third-order valence-corrected chi connectivity index (χ3v) is 3.42. The monoisotopic (exact) mass is 285 g/mol. The largest absolute Gasteiger partial charge is 0.479 e. The fraction of sp³-hybridized carbons (Fsp3) is 0.538. The molecule has 0 saturated heterocycles. The molecule has 5 nitrogen and oxygen atoms in total. The van der Waals surface area contributed by atoms with E-state index in [4.69, 9.17) is 16.3 Å². The van der Waals surface area contributed by atoms with Gasteiger partial charge in [-0.05, 0) is 19.9 Å². The lowest BCUT2D eigenvalue weighted by Gasteiger charge is -2.24. The number of carbonyl (C=O) groups excluding carboxylic acids is 1. The molecule has 1 amide bonds. The maximum Gasteiger partial charge on any atom is 0.239 e. The topological polar surface area (TPSA) is 54.5 Å². The summed E-state index contributed by atoms with van der Waals surface area (Å²) >= 11 is 5.81. The average molecular weight is 286 g/mol. The second kappa shape index (κ2) is 6.10. The molecule has 1 aromatic heterocycles. The summed E-state index contributed by atoms with van der Waals surface area (Å²) in [5, 5.41) is 2.85. The number of amides is 1. The van der Waals surface area contributed by atoms with E-state index in [2.05, 4.69) is 10.3 Å². The van der Waals surface area contributed by atoms with Gasteiger partial charge in [0, 0.05) is 26.2 Å². The lowest BCUT2D eigenvalue weighted by molar-refractivity contribution is -0.122. The van der Waals surface area contributed by atoms with Crippen LogP contribution in [0.3, 0.4) is 0 Å². The van der Waals surface area contributed by atoms with Crippen molar-refractivity contribution in [2.24, 2.45) is 5.41 Å². The van der Waals surface area contributed by atoms with E-state index in [1.165, 1.54) is 7.11 Å². The first-order valence-corrected chi connectivity index (χ1v) is 6.44. The molecule has 19 heavy (non-hydrogen) atoms. The van der Waals surface area contributed by atoms with E-state index < -0.39 is 5.41 Å². The molecule has 0 aliphatic rings. The summed E-state index contributed by atoms with van der Waals surface area (Å²) in [7, 11) is 5.29. The van der Waals surface area contributed by atoms with Gasteiger partial charge in [-0.2, -0.15) is 0 Å². The highest BCUT2D eigenvalue weighted by molar-refractivity contribution is 6.20. The first kappa shape index (κ1) is 15.6. The number of hydrogen-bond donors (Lipinski definition) is 1. The van der Waals surface area contributed by atoms with E-state index in [1.807, 2.05) is 25.1 Å². The van der Waals surface area contributed by atoms with Crippen molar-refractivity contribution in [1.29, 1.82) is 0 Å². The summed E-state index contributed by atoms with van der Waals surface area (Å²) in [5.74, 6) is 0.445. The molecule has 0 spiro atoms. The number of hydrogen-bond acceptors (Lipinski definition) is 4. The number of nitrogens with zero attached hydrogens (tertiary/aromatic N) is 2. The van der Waals surface area contributed by atoms with Crippen molar-refractivity contribution < 1.29 is 9.53 Å². The van der Waals surface area contributed by atoms with E-state index >= 15 is 0 Å². The van der Waals surface area contributed by atoms with Crippen LogP contribution in [0, 0.1) is 5.41 Å². The summed E-state index contributed by atoms with van der Waals surface area (Å²) in [6, 6.07) is 1.81. The van der Waals surface area contributed by atoms with Crippen LogP contribution in [0.1, 0.15) is 13.8 Å². The molecular formula is C13H20ClN3O2. The number of methoxy groups -OCH3 is 1. The zero-order valence-electron chi connectivity index (χ0n) is 12.0. The maximum atomic E-state index is 12.2. The molecule has 106 valence electrons. The number of anilines is 2. The molecule has 0 aromatic carbocycles. The van der Waals surface area contributed by atoms with Crippen LogP contribution < -0.4 is 15.0 Å². The van der Waals surface area contributed by atoms with Gasteiger partial charge in [0.1, 0.15) is 5.69 Å². The lowest BCUT2D eigenvalue weighted by Crippen LogP contribution is -2.33. The van der Waals surface area contributed by atoms with Gasteiger partial charge in [0.2, 0.25) is 11.8 Å². The van der Waals surface area contributed by atoms with Crippen molar-refractivity contribution in [2.45, 2.75) is 13.8 Å². The number of rotatable bonds is 5. The molecule has 0 aliphatic carbocycles. The zero-order chi connectivity index (χ0) is 14.6. The van der Waals surface area contributed by atoms with Crippen LogP contribution in [0.5, 0.6) is 5.88 Å². The average Bonchev–Trinajstić information content (AvgIpc) is 2.38. The number of alkyl halides is 1. The van der Waals surface area contributed by atoms with Gasteiger partial charge in [-0.25, -0.2) is 4.98 Å². The molecule has 0 fully saturated rings. The van der Waals surface area contributed by atoms with E-state index in [1.54, 1.807) is 20.0 Å². The SMILES string of the molecule is COc1nccc(N(C)C)c1NC(=O)C(C)(C)CCl. The molecule has 0 radical (unpaired) electrons. The number of nitrogens with one attached hydrogen (secondary N) is 1. The van der Waals surface area contributed by atoms with E-state index in [0.29, 0.717) is 11.6 Å². The molecule has 0 aliphatic heterocycles. The van der Waals surface area contributed by atoms with Crippen molar-refractivity contribution >= 4 is 28.9 Å². The standard InChI is InChI=1S/C13H20ClN3O2/c1-13(2,8-14)12(18)16-10-9(17(3)4)6-7-15-11(10)19-5/h6-7H,8H2,1-5H3,(H,16,18). The van der Waals surface area contributed by atoms with Crippen molar-refractivity contribution in [3.8, 4) is 5.88 Å². The first-order valence-electron chi connectivity index (χ1n) is 5.91. The van der Waals surface area contributed by atoms with Gasteiger partial charge in [0.15, 0.2) is 0 Å². The molecule has 0 bridgehead atoms. The Morgan fingerprint density at radius 2 is 2.16 bits per heavy atom. The Bertz CT molecular complexity index is 461.